The molecule has 0 atom stereocenters. The molecule has 0 unspecified atom stereocenters. The Labute approximate surface area is 184 Å². The second-order valence-electron chi connectivity index (χ2n) is 7.36. The fourth-order valence-corrected chi connectivity index (χ4v) is 5.70. The average Bonchev–Trinajstić information content (AvgIpc) is 2.69. The molecule has 0 aromatic heterocycles. The Kier molecular flexibility index (Phi) is 6.91. The molecule has 1 heterocycles. The van der Waals surface area contributed by atoms with Gasteiger partial charge in [-0.1, -0.05) is 23.2 Å². The van der Waals surface area contributed by atoms with Crippen LogP contribution in [0.25, 0.3) is 0 Å². The summed E-state index contributed by atoms with van der Waals surface area (Å²) in [5, 5.41) is 0.360. The van der Waals surface area contributed by atoms with Crippen molar-refractivity contribution in [3.63, 3.8) is 0 Å². The van der Waals surface area contributed by atoms with Gasteiger partial charge in [0, 0.05) is 29.9 Å². The van der Waals surface area contributed by atoms with E-state index in [1.54, 1.807) is 0 Å². The zero-order chi connectivity index (χ0) is 21.9. The predicted molar refractivity (Wildman–Crippen MR) is 113 cm³/mol. The van der Waals surface area contributed by atoms with E-state index in [9.17, 15) is 17.6 Å². The highest BCUT2D eigenvalue weighted by molar-refractivity contribution is 7.89. The maximum Gasteiger partial charge on any atom is 0.244 e. The van der Waals surface area contributed by atoms with Gasteiger partial charge in [0.15, 0.2) is 0 Å². The molecule has 0 bridgehead atoms. The Morgan fingerprint density at radius 1 is 1.13 bits per heavy atom. The van der Waals surface area contributed by atoms with Gasteiger partial charge in [-0.25, -0.2) is 12.8 Å². The molecular weight excluding hydrogens is 454 g/mol. The number of piperidine rings is 1. The number of carbonyl (C=O) groups excluding carboxylic acids is 1. The van der Waals surface area contributed by atoms with E-state index in [-0.39, 0.29) is 46.9 Å². The molecule has 1 fully saturated rings. The molecule has 2 N–H and O–H groups in total. The van der Waals surface area contributed by atoms with Crippen molar-refractivity contribution in [2.24, 2.45) is 11.1 Å². The van der Waals surface area contributed by atoms with Gasteiger partial charge in [0.2, 0.25) is 15.9 Å². The van der Waals surface area contributed by atoms with Crippen LogP contribution in [0.2, 0.25) is 10.0 Å². The minimum atomic E-state index is -3.85. The number of halogens is 3. The molecule has 0 aliphatic carbocycles. The number of hydrogen-bond donors (Lipinski definition) is 1. The molecule has 2 aromatic rings. The number of benzene rings is 2. The van der Waals surface area contributed by atoms with Gasteiger partial charge in [-0.15, -0.1) is 0 Å². The quantitative estimate of drug-likeness (QED) is 0.659. The summed E-state index contributed by atoms with van der Waals surface area (Å²) in [5.74, 6) is -0.416. The standard InChI is InChI=1S/C20H21Cl2FN2O4S/c21-14-1-6-17(22)18(11-14)30(27,28)25-9-7-20(8-10-25,12-19(24)26)13-29-16-4-2-15(23)3-5-16/h1-6,11H,7-10,12-13H2,(H2,24,26). The van der Waals surface area contributed by atoms with E-state index in [4.69, 9.17) is 33.7 Å². The first-order valence-corrected chi connectivity index (χ1v) is 11.4. The Balaban J connectivity index is 1.75. The molecule has 1 saturated heterocycles. The molecule has 2 aromatic carbocycles. The van der Waals surface area contributed by atoms with Gasteiger partial charge in [0.25, 0.3) is 0 Å². The van der Waals surface area contributed by atoms with Crippen LogP contribution in [0, 0.1) is 11.2 Å². The third-order valence-electron chi connectivity index (χ3n) is 5.20. The Bertz CT molecular complexity index is 1020. The lowest BCUT2D eigenvalue weighted by Crippen LogP contribution is -2.47. The van der Waals surface area contributed by atoms with Crippen LogP contribution in [0.5, 0.6) is 5.75 Å². The highest BCUT2D eigenvalue weighted by Gasteiger charge is 2.41. The number of carbonyl (C=O) groups is 1. The third-order valence-corrected chi connectivity index (χ3v) is 7.82. The summed E-state index contributed by atoms with van der Waals surface area (Å²) in [6.45, 7) is 0.504. The van der Waals surface area contributed by atoms with Crippen LogP contribution in [-0.4, -0.2) is 38.3 Å². The molecule has 162 valence electrons. The summed E-state index contributed by atoms with van der Waals surface area (Å²) >= 11 is 12.0. The molecule has 1 aliphatic rings. The highest BCUT2D eigenvalue weighted by Crippen LogP contribution is 2.38. The van der Waals surface area contributed by atoms with Gasteiger partial charge in [0.1, 0.15) is 16.5 Å². The topological polar surface area (TPSA) is 89.7 Å². The molecule has 0 spiro atoms. The van der Waals surface area contributed by atoms with Gasteiger partial charge >= 0.3 is 0 Å². The average molecular weight is 475 g/mol. The van der Waals surface area contributed by atoms with Crippen molar-refractivity contribution >= 4 is 39.1 Å². The van der Waals surface area contributed by atoms with Crippen molar-refractivity contribution in [2.45, 2.75) is 24.2 Å². The van der Waals surface area contributed by atoms with Gasteiger partial charge in [0.05, 0.1) is 11.6 Å². The van der Waals surface area contributed by atoms with Crippen LogP contribution in [-0.2, 0) is 14.8 Å². The van der Waals surface area contributed by atoms with Gasteiger partial charge < -0.3 is 10.5 Å². The SMILES string of the molecule is NC(=O)CC1(COc2ccc(F)cc2)CCN(S(=O)(=O)c2cc(Cl)ccc2Cl)CC1. The summed E-state index contributed by atoms with van der Waals surface area (Å²) in [6.07, 6.45) is 0.795. The monoisotopic (exact) mass is 474 g/mol. The highest BCUT2D eigenvalue weighted by atomic mass is 35.5. The second kappa shape index (κ2) is 9.09. The first kappa shape index (κ1) is 22.8. The Morgan fingerprint density at radius 3 is 2.37 bits per heavy atom. The number of primary amides is 1. The van der Waals surface area contributed by atoms with E-state index in [1.807, 2.05) is 0 Å². The van der Waals surface area contributed by atoms with E-state index in [1.165, 1.54) is 46.8 Å². The summed E-state index contributed by atoms with van der Waals surface area (Å²) in [7, 11) is -3.85. The predicted octanol–water partition coefficient (Wildman–Crippen LogP) is 3.86. The van der Waals surface area contributed by atoms with Crippen molar-refractivity contribution < 1.29 is 22.3 Å². The fraction of sp³-hybridized carbons (Fsp3) is 0.350. The van der Waals surface area contributed by atoms with Crippen molar-refractivity contribution in [3.8, 4) is 5.75 Å². The van der Waals surface area contributed by atoms with E-state index < -0.39 is 21.3 Å². The van der Waals surface area contributed by atoms with Crippen LogP contribution in [0.4, 0.5) is 4.39 Å². The molecule has 1 amide bonds. The second-order valence-corrected chi connectivity index (χ2v) is 10.1. The number of ether oxygens (including phenoxy) is 1. The lowest BCUT2D eigenvalue weighted by atomic mass is 9.76. The third kappa shape index (κ3) is 5.24. The Morgan fingerprint density at radius 2 is 1.77 bits per heavy atom. The van der Waals surface area contributed by atoms with E-state index in [0.717, 1.165) is 0 Å². The first-order chi connectivity index (χ1) is 14.1. The van der Waals surface area contributed by atoms with Gasteiger partial charge in [-0.3, -0.25) is 4.79 Å². The minimum absolute atomic E-state index is 0.0540. The van der Waals surface area contributed by atoms with Crippen LogP contribution in [0.15, 0.2) is 47.4 Å². The molecule has 30 heavy (non-hydrogen) atoms. The fourth-order valence-electron chi connectivity index (χ4n) is 3.52. The summed E-state index contributed by atoms with van der Waals surface area (Å²) in [5.41, 5.74) is 4.82. The molecule has 1 aliphatic heterocycles. The van der Waals surface area contributed by atoms with Crippen LogP contribution >= 0.6 is 23.2 Å². The Hall–Kier alpha value is -1.87. The van der Waals surface area contributed by atoms with Gasteiger partial charge in [-0.05, 0) is 55.3 Å². The van der Waals surface area contributed by atoms with Crippen molar-refractivity contribution in [2.75, 3.05) is 19.7 Å². The lowest BCUT2D eigenvalue weighted by Gasteiger charge is -2.40. The van der Waals surface area contributed by atoms with E-state index in [2.05, 4.69) is 0 Å². The molecule has 0 saturated carbocycles. The maximum atomic E-state index is 13.1. The summed E-state index contributed by atoms with van der Waals surface area (Å²) < 4.78 is 46.2. The minimum Gasteiger partial charge on any atom is -0.493 e. The van der Waals surface area contributed by atoms with Crippen LogP contribution < -0.4 is 10.5 Å². The number of nitrogens with zero attached hydrogens (tertiary/aromatic N) is 1. The largest absolute Gasteiger partial charge is 0.493 e. The number of hydrogen-bond acceptors (Lipinski definition) is 4. The zero-order valence-electron chi connectivity index (χ0n) is 16.0. The molecule has 0 radical (unpaired) electrons. The zero-order valence-corrected chi connectivity index (χ0v) is 18.3. The smallest absolute Gasteiger partial charge is 0.244 e. The van der Waals surface area contributed by atoms with E-state index in [0.29, 0.717) is 18.6 Å². The lowest BCUT2D eigenvalue weighted by molar-refractivity contribution is -0.121. The normalized spacial score (nSPS) is 16.9. The first-order valence-electron chi connectivity index (χ1n) is 9.23. The molecule has 10 heteroatoms. The van der Waals surface area contributed by atoms with Gasteiger partial charge in [-0.2, -0.15) is 4.31 Å². The van der Waals surface area contributed by atoms with Crippen molar-refractivity contribution in [3.05, 3.63) is 58.3 Å². The number of nitrogens with two attached hydrogens (primary N) is 1. The molecule has 3 rings (SSSR count). The van der Waals surface area contributed by atoms with Crippen molar-refractivity contribution in [1.29, 1.82) is 0 Å². The number of amides is 1. The molecule has 6 nitrogen and oxygen atoms in total. The summed E-state index contributed by atoms with van der Waals surface area (Å²) in [4.78, 5) is 11.6. The van der Waals surface area contributed by atoms with Crippen LogP contribution in [0.1, 0.15) is 19.3 Å². The summed E-state index contributed by atoms with van der Waals surface area (Å²) in [6, 6.07) is 9.82. The van der Waals surface area contributed by atoms with Crippen LogP contribution in [0.3, 0.4) is 0 Å². The number of sulfonamides is 1. The van der Waals surface area contributed by atoms with E-state index >= 15 is 0 Å². The maximum absolute atomic E-state index is 13.1. The van der Waals surface area contributed by atoms with Crippen molar-refractivity contribution in [1.82, 2.24) is 4.31 Å². The molecular formula is C20H21Cl2FN2O4S. The number of rotatable bonds is 7.